The summed E-state index contributed by atoms with van der Waals surface area (Å²) in [6, 6.07) is 5.91. The lowest BCUT2D eigenvalue weighted by atomic mass is 9.70. The van der Waals surface area contributed by atoms with E-state index in [2.05, 4.69) is 40.6 Å². The third-order valence-electron chi connectivity index (χ3n) is 8.25. The fraction of sp³-hybridized carbons (Fsp3) is 0.633. The van der Waals surface area contributed by atoms with Crippen LogP contribution in [0.1, 0.15) is 40.0 Å². The number of piperazine rings is 1. The highest BCUT2D eigenvalue weighted by Gasteiger charge is 2.49. The number of amides is 1. The summed E-state index contributed by atoms with van der Waals surface area (Å²) in [6.07, 6.45) is 9.30. The quantitative estimate of drug-likeness (QED) is 0.254. The molecule has 0 N–H and O–H groups in total. The Kier molecular flexibility index (Phi) is 8.47. The molecule has 5 rings (SSSR count). The molecule has 0 radical (unpaired) electrons. The standard InChI is InChI=1S/C30H44N8O3Si/c1-29(2,3)41-28(39)36-13-11-35(12-14-36)24-17-30(18-24,8-9-31)38-20-23(19-34-38)26-25-7-10-37(27(25)33-21-32-26)22-40-15-16-42(4,5)6/h7,10,19-21,24H,8,11-18,22H2,1-6H3/t24-,30-. The number of hydrogen-bond donors (Lipinski definition) is 0. The van der Waals surface area contributed by atoms with E-state index in [1.807, 2.05) is 54.7 Å². The van der Waals surface area contributed by atoms with Crippen LogP contribution in [0.3, 0.4) is 0 Å². The minimum atomic E-state index is -1.14. The van der Waals surface area contributed by atoms with Crippen LogP contribution in [0.15, 0.2) is 31.0 Å². The smallest absolute Gasteiger partial charge is 0.410 e. The van der Waals surface area contributed by atoms with Gasteiger partial charge in [-0.3, -0.25) is 9.58 Å². The maximum atomic E-state index is 12.5. The van der Waals surface area contributed by atoms with Crippen molar-refractivity contribution in [2.45, 2.75) is 89.6 Å². The molecule has 1 aliphatic carbocycles. The molecule has 1 aliphatic heterocycles. The van der Waals surface area contributed by atoms with E-state index in [-0.39, 0.29) is 11.6 Å². The summed E-state index contributed by atoms with van der Waals surface area (Å²) in [5, 5.41) is 15.4. The molecule has 3 aromatic rings. The summed E-state index contributed by atoms with van der Waals surface area (Å²) >= 11 is 0. The largest absolute Gasteiger partial charge is 0.444 e. The SMILES string of the molecule is CC(C)(C)OC(=O)N1CCN([C@H]2C[C@](CC#N)(n3cc(-c4ncnc5c4ccn5COCC[Si](C)(C)C)cn3)C2)CC1. The van der Waals surface area contributed by atoms with Gasteiger partial charge in [-0.15, -0.1) is 0 Å². The second kappa shape index (κ2) is 11.8. The van der Waals surface area contributed by atoms with Crippen LogP contribution in [0.2, 0.25) is 25.7 Å². The van der Waals surface area contributed by atoms with Gasteiger partial charge in [-0.1, -0.05) is 19.6 Å². The molecule has 2 fully saturated rings. The molecule has 0 atom stereocenters. The molecule has 1 amide bonds. The van der Waals surface area contributed by atoms with Crippen LogP contribution in [0.25, 0.3) is 22.3 Å². The van der Waals surface area contributed by atoms with Crippen molar-refractivity contribution in [3.05, 3.63) is 31.0 Å². The fourth-order valence-corrected chi connectivity index (χ4v) is 6.57. The molecule has 226 valence electrons. The second-order valence-electron chi connectivity index (χ2n) is 13.9. The average molecular weight is 593 g/mol. The highest BCUT2D eigenvalue weighted by atomic mass is 28.3. The summed E-state index contributed by atoms with van der Waals surface area (Å²) in [5.74, 6) is 0. The number of fused-ring (bicyclic) bond motifs is 1. The van der Waals surface area contributed by atoms with Gasteiger partial charge in [0, 0.05) is 70.2 Å². The van der Waals surface area contributed by atoms with Gasteiger partial charge in [0.15, 0.2) is 0 Å². The Morgan fingerprint density at radius 2 is 1.90 bits per heavy atom. The van der Waals surface area contributed by atoms with Crippen molar-refractivity contribution in [1.82, 2.24) is 34.1 Å². The van der Waals surface area contributed by atoms with Gasteiger partial charge in [0.1, 0.15) is 24.3 Å². The molecule has 4 heterocycles. The average Bonchev–Trinajstić information content (AvgIpc) is 3.55. The van der Waals surface area contributed by atoms with E-state index >= 15 is 0 Å². The summed E-state index contributed by atoms with van der Waals surface area (Å²) in [4.78, 5) is 25.8. The van der Waals surface area contributed by atoms with E-state index in [0.717, 1.165) is 60.9 Å². The Hall–Kier alpha value is -3.27. The Balaban J connectivity index is 1.23. The maximum Gasteiger partial charge on any atom is 0.410 e. The first-order valence-corrected chi connectivity index (χ1v) is 18.6. The Morgan fingerprint density at radius 3 is 2.57 bits per heavy atom. The zero-order valence-corrected chi connectivity index (χ0v) is 26.8. The molecule has 2 aliphatic rings. The summed E-state index contributed by atoms with van der Waals surface area (Å²) in [6.45, 7) is 16.8. The van der Waals surface area contributed by atoms with E-state index in [0.29, 0.717) is 32.3 Å². The third kappa shape index (κ3) is 6.69. The number of rotatable bonds is 9. The van der Waals surface area contributed by atoms with Gasteiger partial charge in [0.05, 0.1) is 29.9 Å². The molecular formula is C30H44N8O3Si. The lowest BCUT2D eigenvalue weighted by Crippen LogP contribution is -2.60. The minimum Gasteiger partial charge on any atom is -0.444 e. The zero-order valence-electron chi connectivity index (χ0n) is 25.8. The lowest BCUT2D eigenvalue weighted by molar-refractivity contribution is -0.0268. The number of ether oxygens (including phenoxy) is 2. The van der Waals surface area contributed by atoms with E-state index in [1.165, 1.54) is 0 Å². The van der Waals surface area contributed by atoms with Crippen LogP contribution in [0, 0.1) is 11.3 Å². The first kappa shape index (κ1) is 30.2. The van der Waals surface area contributed by atoms with Crippen molar-refractivity contribution in [2.24, 2.45) is 0 Å². The molecule has 3 aromatic heterocycles. The van der Waals surface area contributed by atoms with Crippen molar-refractivity contribution in [3.8, 4) is 17.3 Å². The van der Waals surface area contributed by atoms with Crippen molar-refractivity contribution in [3.63, 3.8) is 0 Å². The zero-order chi connectivity index (χ0) is 30.1. The lowest BCUT2D eigenvalue weighted by Gasteiger charge is -2.52. The van der Waals surface area contributed by atoms with E-state index < -0.39 is 13.7 Å². The molecule has 0 bridgehead atoms. The number of nitriles is 1. The van der Waals surface area contributed by atoms with Crippen molar-refractivity contribution < 1.29 is 14.3 Å². The predicted octanol–water partition coefficient (Wildman–Crippen LogP) is 4.93. The van der Waals surface area contributed by atoms with Crippen molar-refractivity contribution in [1.29, 1.82) is 5.26 Å². The Morgan fingerprint density at radius 1 is 1.17 bits per heavy atom. The van der Waals surface area contributed by atoms with Crippen LogP contribution in [-0.4, -0.2) is 92.7 Å². The number of nitrogens with zero attached hydrogens (tertiary/aromatic N) is 8. The van der Waals surface area contributed by atoms with Gasteiger partial charge < -0.3 is 18.9 Å². The van der Waals surface area contributed by atoms with Gasteiger partial charge >= 0.3 is 6.09 Å². The molecule has 0 spiro atoms. The molecule has 12 heteroatoms. The number of aromatic nitrogens is 5. The molecule has 11 nitrogen and oxygen atoms in total. The summed E-state index contributed by atoms with van der Waals surface area (Å²) < 4.78 is 15.5. The van der Waals surface area contributed by atoms with Gasteiger partial charge in [-0.2, -0.15) is 10.4 Å². The van der Waals surface area contributed by atoms with Gasteiger partial charge in [0.2, 0.25) is 0 Å². The van der Waals surface area contributed by atoms with E-state index in [4.69, 9.17) is 14.6 Å². The molecule has 0 aromatic carbocycles. The van der Waals surface area contributed by atoms with Crippen LogP contribution in [0.5, 0.6) is 0 Å². The van der Waals surface area contributed by atoms with Crippen molar-refractivity contribution >= 4 is 25.2 Å². The third-order valence-corrected chi connectivity index (χ3v) is 9.95. The highest BCUT2D eigenvalue weighted by molar-refractivity contribution is 6.76. The first-order valence-electron chi connectivity index (χ1n) is 14.9. The fourth-order valence-electron chi connectivity index (χ4n) is 5.81. The normalized spacial score (nSPS) is 21.7. The monoisotopic (exact) mass is 592 g/mol. The second-order valence-corrected chi connectivity index (χ2v) is 19.5. The summed E-state index contributed by atoms with van der Waals surface area (Å²) in [5.41, 5.74) is 1.73. The minimum absolute atomic E-state index is 0.248. The van der Waals surface area contributed by atoms with Crippen LogP contribution >= 0.6 is 0 Å². The van der Waals surface area contributed by atoms with Crippen LogP contribution in [-0.2, 0) is 21.7 Å². The molecular weight excluding hydrogens is 548 g/mol. The topological polar surface area (TPSA) is 114 Å². The van der Waals surface area contributed by atoms with Gasteiger partial charge in [-0.25, -0.2) is 14.8 Å². The van der Waals surface area contributed by atoms with Gasteiger partial charge in [-0.05, 0) is 45.7 Å². The molecule has 0 unspecified atom stereocenters. The van der Waals surface area contributed by atoms with Crippen molar-refractivity contribution in [2.75, 3.05) is 32.8 Å². The number of hydrogen-bond acceptors (Lipinski definition) is 8. The van der Waals surface area contributed by atoms with Crippen LogP contribution < -0.4 is 0 Å². The first-order chi connectivity index (χ1) is 19.9. The Labute approximate surface area is 249 Å². The predicted molar refractivity (Wildman–Crippen MR) is 163 cm³/mol. The summed E-state index contributed by atoms with van der Waals surface area (Å²) in [7, 11) is -1.14. The maximum absolute atomic E-state index is 12.5. The Bertz CT molecular complexity index is 1430. The highest BCUT2D eigenvalue weighted by Crippen LogP contribution is 2.45. The molecule has 42 heavy (non-hydrogen) atoms. The molecule has 1 saturated heterocycles. The van der Waals surface area contributed by atoms with Crippen LogP contribution in [0.4, 0.5) is 4.79 Å². The van der Waals surface area contributed by atoms with E-state index in [1.54, 1.807) is 11.2 Å². The number of carbonyl (C=O) groups excluding carboxylic acids is 1. The van der Waals surface area contributed by atoms with Gasteiger partial charge in [0.25, 0.3) is 0 Å². The number of carbonyl (C=O) groups is 1. The molecule has 1 saturated carbocycles. The van der Waals surface area contributed by atoms with E-state index in [9.17, 15) is 10.1 Å².